The second kappa shape index (κ2) is 8.02. The summed E-state index contributed by atoms with van der Waals surface area (Å²) in [6.45, 7) is 9.64. The normalized spacial score (nSPS) is 23.0. The third-order valence-electron chi connectivity index (χ3n) is 6.56. The molecule has 1 aromatic heterocycles. The van der Waals surface area contributed by atoms with Crippen molar-refractivity contribution in [1.29, 1.82) is 0 Å². The maximum Gasteiger partial charge on any atom is 0.323 e. The van der Waals surface area contributed by atoms with Gasteiger partial charge in [0.05, 0.1) is 11.3 Å². The van der Waals surface area contributed by atoms with Crippen LogP contribution in [0.15, 0.2) is 34.2 Å². The Labute approximate surface area is 195 Å². The number of hydrogen-bond acceptors (Lipinski definition) is 6. The molecule has 174 valence electrons. The van der Waals surface area contributed by atoms with Gasteiger partial charge in [-0.15, -0.1) is 5.10 Å². The van der Waals surface area contributed by atoms with Crippen LogP contribution in [0.3, 0.4) is 0 Å². The van der Waals surface area contributed by atoms with Crippen molar-refractivity contribution in [2.45, 2.75) is 46.4 Å². The van der Waals surface area contributed by atoms with Crippen LogP contribution in [0, 0.1) is 5.92 Å². The standard InChI is InChI=1S/C23H28N6O3S/c1-5-26-18-19(27(6-2)23(26)32)29-21(31)17(33-22(29)25-24-18)16-14-9-7-8-10-15(14)28(20(16)30)12-11-13(3)4/h7-10,13,18-19,24H,5-6,11-12H2,1-4H3/b17-16-. The van der Waals surface area contributed by atoms with Gasteiger partial charge in [-0.05, 0) is 32.3 Å². The van der Waals surface area contributed by atoms with E-state index in [1.54, 1.807) is 19.3 Å². The lowest BCUT2D eigenvalue weighted by atomic mass is 10.1. The van der Waals surface area contributed by atoms with Gasteiger partial charge in [0.25, 0.3) is 11.5 Å². The molecule has 10 heteroatoms. The van der Waals surface area contributed by atoms with Crippen LogP contribution in [0.2, 0.25) is 0 Å². The van der Waals surface area contributed by atoms with Gasteiger partial charge in [0.15, 0.2) is 12.3 Å². The molecule has 2 atom stereocenters. The van der Waals surface area contributed by atoms with Crippen molar-refractivity contribution in [3.8, 4) is 0 Å². The highest BCUT2D eigenvalue weighted by molar-refractivity contribution is 7.07. The first-order valence-corrected chi connectivity index (χ1v) is 12.3. The van der Waals surface area contributed by atoms with Crippen molar-refractivity contribution >= 4 is 34.5 Å². The van der Waals surface area contributed by atoms with Gasteiger partial charge in [0, 0.05) is 25.2 Å². The van der Waals surface area contributed by atoms with Crippen molar-refractivity contribution in [2.75, 3.05) is 24.5 Å². The van der Waals surface area contributed by atoms with Crippen LogP contribution >= 0.6 is 11.3 Å². The summed E-state index contributed by atoms with van der Waals surface area (Å²) in [4.78, 5) is 45.8. The average Bonchev–Trinajstić information content (AvgIpc) is 3.37. The van der Waals surface area contributed by atoms with Gasteiger partial charge < -0.3 is 4.90 Å². The Balaban J connectivity index is 1.70. The number of carbonyl (C=O) groups excluding carboxylic acids is 2. The van der Waals surface area contributed by atoms with E-state index < -0.39 is 12.3 Å². The number of amides is 3. The molecule has 4 heterocycles. The van der Waals surface area contributed by atoms with Crippen molar-refractivity contribution in [2.24, 2.45) is 11.0 Å². The van der Waals surface area contributed by atoms with Gasteiger partial charge in [-0.3, -0.25) is 29.4 Å². The number of hydrogen-bond donors (Lipinski definition) is 1. The lowest BCUT2D eigenvalue weighted by Crippen LogP contribution is -2.53. The summed E-state index contributed by atoms with van der Waals surface area (Å²) in [5.74, 6) is 0.305. The van der Waals surface area contributed by atoms with Crippen LogP contribution in [0.25, 0.3) is 5.57 Å². The van der Waals surface area contributed by atoms with Crippen molar-refractivity contribution in [3.05, 3.63) is 49.5 Å². The van der Waals surface area contributed by atoms with Crippen molar-refractivity contribution < 1.29 is 9.59 Å². The van der Waals surface area contributed by atoms with Crippen LogP contribution in [0.1, 0.15) is 45.8 Å². The Hall–Kier alpha value is -3.14. The number of para-hydroxylation sites is 1. The quantitative estimate of drug-likeness (QED) is 0.715. The van der Waals surface area contributed by atoms with Crippen molar-refractivity contribution in [1.82, 2.24) is 19.8 Å². The Bertz CT molecular complexity index is 1310. The first-order valence-electron chi connectivity index (χ1n) is 11.5. The van der Waals surface area contributed by atoms with Crippen LogP contribution in [-0.2, 0) is 4.79 Å². The van der Waals surface area contributed by atoms with Gasteiger partial charge in [0.2, 0.25) is 4.80 Å². The van der Waals surface area contributed by atoms with Gasteiger partial charge in [-0.25, -0.2) is 4.79 Å². The van der Waals surface area contributed by atoms with E-state index in [-0.39, 0.29) is 17.5 Å². The minimum Gasteiger partial charge on any atom is -0.308 e. The highest BCUT2D eigenvalue weighted by Gasteiger charge is 2.48. The molecule has 1 saturated heterocycles. The summed E-state index contributed by atoms with van der Waals surface area (Å²) in [6, 6.07) is 7.51. The first kappa shape index (κ1) is 21.7. The van der Waals surface area contributed by atoms with E-state index in [1.807, 2.05) is 38.1 Å². The third kappa shape index (κ3) is 3.11. The van der Waals surface area contributed by atoms with E-state index in [0.29, 0.717) is 40.5 Å². The summed E-state index contributed by atoms with van der Waals surface area (Å²) >= 11 is 1.20. The Kier molecular flexibility index (Phi) is 5.27. The molecule has 33 heavy (non-hydrogen) atoms. The number of thiazole rings is 1. The molecular weight excluding hydrogens is 440 g/mol. The maximum atomic E-state index is 13.8. The minimum atomic E-state index is -0.503. The number of fused-ring (bicyclic) bond motifs is 4. The zero-order chi connectivity index (χ0) is 23.4. The Morgan fingerprint density at radius 3 is 2.52 bits per heavy atom. The molecule has 3 amide bonds. The van der Waals surface area contributed by atoms with Crippen LogP contribution < -0.4 is 25.2 Å². The van der Waals surface area contributed by atoms with Gasteiger partial charge in [-0.2, -0.15) is 0 Å². The number of rotatable bonds is 5. The molecule has 0 aliphatic carbocycles. The largest absolute Gasteiger partial charge is 0.323 e. The van der Waals surface area contributed by atoms with E-state index in [1.165, 1.54) is 11.3 Å². The number of anilines is 1. The monoisotopic (exact) mass is 468 g/mol. The number of urea groups is 1. The number of aromatic nitrogens is 1. The average molecular weight is 469 g/mol. The fourth-order valence-electron chi connectivity index (χ4n) is 4.88. The molecular formula is C23H28N6O3S. The molecule has 3 aliphatic rings. The van der Waals surface area contributed by atoms with Gasteiger partial charge in [0.1, 0.15) is 4.53 Å². The number of carbonyl (C=O) groups is 2. The van der Waals surface area contributed by atoms with Crippen LogP contribution in [0.4, 0.5) is 10.5 Å². The molecule has 3 aliphatic heterocycles. The molecule has 2 aromatic rings. The zero-order valence-corrected chi connectivity index (χ0v) is 20.1. The molecule has 9 nitrogen and oxygen atoms in total. The minimum absolute atomic E-state index is 0.125. The molecule has 2 unspecified atom stereocenters. The number of nitrogens with one attached hydrogen (secondary N) is 1. The summed E-state index contributed by atoms with van der Waals surface area (Å²) in [7, 11) is 0. The molecule has 0 bridgehead atoms. The summed E-state index contributed by atoms with van der Waals surface area (Å²) in [6.07, 6.45) is -0.0532. The smallest absolute Gasteiger partial charge is 0.308 e. The number of benzene rings is 1. The summed E-state index contributed by atoms with van der Waals surface area (Å²) < 4.78 is 1.96. The maximum absolute atomic E-state index is 13.8. The van der Waals surface area contributed by atoms with E-state index in [9.17, 15) is 14.4 Å². The third-order valence-corrected chi connectivity index (χ3v) is 7.61. The summed E-state index contributed by atoms with van der Waals surface area (Å²) in [5, 5.41) is 4.42. The summed E-state index contributed by atoms with van der Waals surface area (Å²) in [5.41, 5.74) is 4.84. The van der Waals surface area contributed by atoms with Gasteiger partial charge in [-0.1, -0.05) is 43.4 Å². The Morgan fingerprint density at radius 2 is 1.82 bits per heavy atom. The molecule has 1 fully saturated rings. The van der Waals surface area contributed by atoms with Crippen molar-refractivity contribution in [3.63, 3.8) is 0 Å². The number of likely N-dealkylation sites (N-methyl/N-ethyl adjacent to an activating group) is 2. The highest BCUT2D eigenvalue weighted by Crippen LogP contribution is 2.35. The fourth-order valence-corrected chi connectivity index (χ4v) is 5.93. The molecule has 1 N–H and O–H groups in total. The second-order valence-corrected chi connectivity index (χ2v) is 9.85. The number of nitrogens with zero attached hydrogens (tertiary/aromatic N) is 5. The second-order valence-electron chi connectivity index (χ2n) is 8.87. The van der Waals surface area contributed by atoms with Gasteiger partial charge >= 0.3 is 6.03 Å². The van der Waals surface area contributed by atoms with E-state index in [0.717, 1.165) is 17.7 Å². The van der Waals surface area contributed by atoms with E-state index in [4.69, 9.17) is 0 Å². The highest BCUT2D eigenvalue weighted by atomic mass is 32.1. The Morgan fingerprint density at radius 1 is 1.09 bits per heavy atom. The predicted molar refractivity (Wildman–Crippen MR) is 126 cm³/mol. The molecule has 0 saturated carbocycles. The predicted octanol–water partition coefficient (Wildman–Crippen LogP) is 1.24. The first-order chi connectivity index (χ1) is 15.9. The molecule has 0 spiro atoms. The lowest BCUT2D eigenvalue weighted by Gasteiger charge is -2.29. The van der Waals surface area contributed by atoms with Crippen LogP contribution in [0.5, 0.6) is 0 Å². The lowest BCUT2D eigenvalue weighted by molar-refractivity contribution is -0.113. The van der Waals surface area contributed by atoms with E-state index in [2.05, 4.69) is 24.4 Å². The molecule has 0 radical (unpaired) electrons. The topological polar surface area (TPSA) is 90.2 Å². The zero-order valence-electron chi connectivity index (χ0n) is 19.2. The van der Waals surface area contributed by atoms with E-state index >= 15 is 0 Å². The fraction of sp³-hybridized carbons (Fsp3) is 0.478. The SMILES string of the molecule is CCN1C(=O)N(CC)C2C1NN=c1s/c(=C3\C(=O)N(CCC(C)C)c4ccccc43)c(=O)n12. The van der Waals surface area contributed by atoms with Crippen LogP contribution in [-0.4, -0.2) is 52.1 Å². The molecule has 1 aromatic carbocycles. The molecule has 5 rings (SSSR count).